The molecule has 1 aromatic carbocycles. The van der Waals surface area contributed by atoms with Gasteiger partial charge in [-0.1, -0.05) is 13.8 Å². The highest BCUT2D eigenvalue weighted by atomic mass is 19.1. The molecule has 2 aromatic rings. The normalized spacial score (nSPS) is 20.1. The topological polar surface area (TPSA) is 72.0 Å². The summed E-state index contributed by atoms with van der Waals surface area (Å²) in [7, 11) is 0. The van der Waals surface area contributed by atoms with Crippen molar-refractivity contribution in [2.24, 2.45) is 11.1 Å². The monoisotopic (exact) mass is 287 g/mol. The highest BCUT2D eigenvalue weighted by Gasteiger charge is 2.31. The van der Waals surface area contributed by atoms with Crippen molar-refractivity contribution < 1.29 is 9.50 Å². The molecular weight excluding hydrogens is 269 g/mol. The Labute approximate surface area is 122 Å². The van der Waals surface area contributed by atoms with Crippen LogP contribution in [0.25, 0.3) is 11.4 Å². The first-order valence-corrected chi connectivity index (χ1v) is 6.96. The molecule has 0 spiro atoms. The number of halogens is 1. The number of hydrogen-bond donors (Lipinski definition) is 2. The predicted octanol–water partition coefficient (Wildman–Crippen LogP) is 2.96. The molecule has 0 radical (unpaired) electrons. The van der Waals surface area contributed by atoms with Crippen molar-refractivity contribution in [3.05, 3.63) is 41.5 Å². The van der Waals surface area contributed by atoms with Crippen LogP contribution < -0.4 is 5.73 Å². The Kier molecular flexibility index (Phi) is 3.17. The van der Waals surface area contributed by atoms with E-state index < -0.39 is 5.82 Å². The standard InChI is InChI=1S/C16H18FN3O/c1-16(2)6-12(18)10-8-19-15(20-13(10)7-16)9-3-4-14(21)11(17)5-9/h3-5,8,12,21H,6-7,18H2,1-2H3. The van der Waals surface area contributed by atoms with Crippen molar-refractivity contribution in [1.29, 1.82) is 0 Å². The van der Waals surface area contributed by atoms with E-state index in [2.05, 4.69) is 23.8 Å². The minimum absolute atomic E-state index is 0.0608. The quantitative estimate of drug-likeness (QED) is 0.846. The van der Waals surface area contributed by atoms with Gasteiger partial charge in [-0.2, -0.15) is 0 Å². The number of phenolic OH excluding ortho intramolecular Hbond substituents is 1. The van der Waals surface area contributed by atoms with E-state index in [1.54, 1.807) is 12.3 Å². The average Bonchev–Trinajstić information content (AvgIpc) is 2.40. The molecule has 1 unspecified atom stereocenters. The second-order valence-electron chi connectivity index (χ2n) is 6.41. The molecule has 0 amide bonds. The summed E-state index contributed by atoms with van der Waals surface area (Å²) in [6, 6.07) is 4.09. The summed E-state index contributed by atoms with van der Waals surface area (Å²) in [5.74, 6) is -0.594. The third kappa shape index (κ3) is 2.61. The minimum atomic E-state index is -0.675. The van der Waals surface area contributed by atoms with Crippen molar-refractivity contribution in [2.45, 2.75) is 32.7 Å². The lowest BCUT2D eigenvalue weighted by Gasteiger charge is -2.34. The van der Waals surface area contributed by atoms with Gasteiger partial charge in [0.15, 0.2) is 17.4 Å². The third-order valence-corrected chi connectivity index (χ3v) is 3.92. The summed E-state index contributed by atoms with van der Waals surface area (Å²) in [5, 5.41) is 9.25. The lowest BCUT2D eigenvalue weighted by molar-refractivity contribution is 0.278. The Bertz CT molecular complexity index is 700. The molecule has 0 saturated heterocycles. The van der Waals surface area contributed by atoms with Gasteiger partial charge in [0, 0.05) is 29.1 Å². The summed E-state index contributed by atoms with van der Waals surface area (Å²) in [4.78, 5) is 8.85. The number of aromatic hydroxyl groups is 1. The van der Waals surface area contributed by atoms with Crippen molar-refractivity contribution in [3.8, 4) is 17.1 Å². The van der Waals surface area contributed by atoms with Crippen LogP contribution in [0, 0.1) is 11.2 Å². The number of aromatic nitrogens is 2. The summed E-state index contributed by atoms with van der Waals surface area (Å²) >= 11 is 0. The lowest BCUT2D eigenvalue weighted by atomic mass is 9.74. The van der Waals surface area contributed by atoms with Crippen LogP contribution in [-0.4, -0.2) is 15.1 Å². The van der Waals surface area contributed by atoms with Crippen LogP contribution in [0.3, 0.4) is 0 Å². The van der Waals surface area contributed by atoms with Gasteiger partial charge in [0.2, 0.25) is 0 Å². The van der Waals surface area contributed by atoms with Crippen molar-refractivity contribution >= 4 is 0 Å². The average molecular weight is 287 g/mol. The first-order valence-electron chi connectivity index (χ1n) is 6.96. The zero-order valence-electron chi connectivity index (χ0n) is 12.1. The van der Waals surface area contributed by atoms with Crippen molar-refractivity contribution in [1.82, 2.24) is 9.97 Å². The van der Waals surface area contributed by atoms with Gasteiger partial charge in [0.05, 0.1) is 0 Å². The van der Waals surface area contributed by atoms with Crippen LogP contribution in [0.2, 0.25) is 0 Å². The second-order valence-corrected chi connectivity index (χ2v) is 6.41. The Morgan fingerprint density at radius 2 is 2.14 bits per heavy atom. The maximum absolute atomic E-state index is 13.5. The molecule has 1 heterocycles. The third-order valence-electron chi connectivity index (χ3n) is 3.92. The molecule has 1 atom stereocenters. The molecular formula is C16H18FN3O. The SMILES string of the molecule is CC1(C)Cc2nc(-c3ccc(O)c(F)c3)ncc2C(N)C1. The molecule has 4 nitrogen and oxygen atoms in total. The number of nitrogens with zero attached hydrogens (tertiary/aromatic N) is 2. The van der Waals surface area contributed by atoms with E-state index in [4.69, 9.17) is 5.73 Å². The molecule has 110 valence electrons. The molecule has 1 aliphatic rings. The van der Waals surface area contributed by atoms with Gasteiger partial charge in [-0.05, 0) is 36.5 Å². The Morgan fingerprint density at radius 3 is 2.86 bits per heavy atom. The first-order chi connectivity index (χ1) is 9.85. The molecule has 5 heteroatoms. The van der Waals surface area contributed by atoms with Gasteiger partial charge < -0.3 is 10.8 Å². The fourth-order valence-electron chi connectivity index (χ4n) is 2.89. The number of rotatable bonds is 1. The fourth-order valence-corrected chi connectivity index (χ4v) is 2.89. The number of fused-ring (bicyclic) bond motifs is 1. The Hall–Kier alpha value is -2.01. The fraction of sp³-hybridized carbons (Fsp3) is 0.375. The van der Waals surface area contributed by atoms with Gasteiger partial charge in [-0.15, -0.1) is 0 Å². The van der Waals surface area contributed by atoms with Crippen molar-refractivity contribution in [3.63, 3.8) is 0 Å². The number of nitrogens with two attached hydrogens (primary N) is 1. The smallest absolute Gasteiger partial charge is 0.165 e. The maximum atomic E-state index is 13.5. The van der Waals surface area contributed by atoms with Crippen LogP contribution >= 0.6 is 0 Å². The van der Waals surface area contributed by atoms with Gasteiger partial charge in [-0.3, -0.25) is 0 Å². The van der Waals surface area contributed by atoms with Crippen LogP contribution in [0.1, 0.15) is 37.6 Å². The van der Waals surface area contributed by atoms with E-state index in [-0.39, 0.29) is 17.2 Å². The molecule has 21 heavy (non-hydrogen) atoms. The molecule has 0 fully saturated rings. The minimum Gasteiger partial charge on any atom is -0.505 e. The number of phenols is 1. The zero-order chi connectivity index (χ0) is 15.2. The van der Waals surface area contributed by atoms with E-state index >= 15 is 0 Å². The Balaban J connectivity index is 2.05. The van der Waals surface area contributed by atoms with Gasteiger partial charge >= 0.3 is 0 Å². The van der Waals surface area contributed by atoms with Gasteiger partial charge in [0.25, 0.3) is 0 Å². The highest BCUT2D eigenvalue weighted by Crippen LogP contribution is 2.39. The molecule has 0 aliphatic heterocycles. The maximum Gasteiger partial charge on any atom is 0.165 e. The van der Waals surface area contributed by atoms with E-state index in [0.717, 1.165) is 24.1 Å². The van der Waals surface area contributed by atoms with Crippen LogP contribution in [0.15, 0.2) is 24.4 Å². The molecule has 3 rings (SSSR count). The first kappa shape index (κ1) is 13.9. The number of hydrogen-bond acceptors (Lipinski definition) is 4. The summed E-state index contributed by atoms with van der Waals surface area (Å²) in [6.07, 6.45) is 3.46. The molecule has 0 bridgehead atoms. The van der Waals surface area contributed by atoms with E-state index in [1.807, 2.05) is 0 Å². The molecule has 0 saturated carbocycles. The van der Waals surface area contributed by atoms with Gasteiger partial charge in [0.1, 0.15) is 0 Å². The molecule has 1 aliphatic carbocycles. The number of benzene rings is 1. The van der Waals surface area contributed by atoms with E-state index in [0.29, 0.717) is 11.4 Å². The highest BCUT2D eigenvalue weighted by molar-refractivity contribution is 5.57. The largest absolute Gasteiger partial charge is 0.505 e. The van der Waals surface area contributed by atoms with Gasteiger partial charge in [-0.25, -0.2) is 14.4 Å². The van der Waals surface area contributed by atoms with Crippen molar-refractivity contribution in [2.75, 3.05) is 0 Å². The summed E-state index contributed by atoms with van der Waals surface area (Å²) in [6.45, 7) is 4.33. The summed E-state index contributed by atoms with van der Waals surface area (Å²) in [5.41, 5.74) is 8.72. The van der Waals surface area contributed by atoms with E-state index in [9.17, 15) is 9.50 Å². The predicted molar refractivity (Wildman–Crippen MR) is 78.1 cm³/mol. The van der Waals surface area contributed by atoms with Crippen LogP contribution in [0.4, 0.5) is 4.39 Å². The second kappa shape index (κ2) is 4.77. The summed E-state index contributed by atoms with van der Waals surface area (Å²) < 4.78 is 13.5. The lowest BCUT2D eigenvalue weighted by Crippen LogP contribution is -2.30. The zero-order valence-corrected chi connectivity index (χ0v) is 12.1. The Morgan fingerprint density at radius 1 is 1.38 bits per heavy atom. The van der Waals surface area contributed by atoms with E-state index in [1.165, 1.54) is 12.1 Å². The van der Waals surface area contributed by atoms with Crippen LogP contribution in [-0.2, 0) is 6.42 Å². The molecule has 3 N–H and O–H groups in total. The van der Waals surface area contributed by atoms with Crippen LogP contribution in [0.5, 0.6) is 5.75 Å². The molecule has 1 aromatic heterocycles.